The number of aryl methyl sites for hydroxylation is 1. The van der Waals surface area contributed by atoms with E-state index < -0.39 is 5.41 Å². The molecule has 1 heterocycles. The molecule has 98 valence electrons. The van der Waals surface area contributed by atoms with Crippen LogP contribution in [0, 0.1) is 5.41 Å². The number of aromatic nitrogens is 2. The van der Waals surface area contributed by atoms with Gasteiger partial charge in [0, 0.05) is 32.4 Å². The number of thiocarbonyl (C=S) groups is 1. The van der Waals surface area contributed by atoms with Crippen LogP contribution >= 0.6 is 12.2 Å². The van der Waals surface area contributed by atoms with E-state index >= 15 is 0 Å². The van der Waals surface area contributed by atoms with Crippen LogP contribution in [-0.2, 0) is 18.3 Å². The fraction of sp³-hybridized carbons (Fsp3) is 0.583. The number of nitrogens with one attached hydrogen (secondary N) is 1. The molecule has 0 radical (unpaired) electrons. The van der Waals surface area contributed by atoms with E-state index in [0.29, 0.717) is 18.0 Å². The van der Waals surface area contributed by atoms with Crippen LogP contribution in [-0.4, -0.2) is 27.0 Å². The lowest BCUT2D eigenvalue weighted by atomic mass is 9.68. The molecule has 1 aromatic heterocycles. The number of nitrogens with two attached hydrogens (primary N) is 1. The third-order valence-electron chi connectivity index (χ3n) is 3.67. The van der Waals surface area contributed by atoms with Gasteiger partial charge in [0.05, 0.1) is 10.4 Å². The van der Waals surface area contributed by atoms with E-state index in [1.807, 2.05) is 17.8 Å². The lowest BCUT2D eigenvalue weighted by molar-refractivity contribution is -0.130. The zero-order chi connectivity index (χ0) is 13.2. The molecule has 3 N–H and O–H groups in total. The van der Waals surface area contributed by atoms with Crippen LogP contribution < -0.4 is 11.1 Å². The van der Waals surface area contributed by atoms with Crippen molar-refractivity contribution in [3.8, 4) is 0 Å². The summed E-state index contributed by atoms with van der Waals surface area (Å²) in [5.41, 5.74) is 5.09. The third-order valence-corrected chi connectivity index (χ3v) is 4.06. The molecule has 0 aliphatic heterocycles. The van der Waals surface area contributed by atoms with Crippen molar-refractivity contribution in [3.05, 3.63) is 18.2 Å². The average Bonchev–Trinajstić information content (AvgIpc) is 2.62. The zero-order valence-electron chi connectivity index (χ0n) is 10.5. The minimum Gasteiger partial charge on any atom is -0.392 e. The number of rotatable bonds is 5. The molecule has 1 fully saturated rings. The van der Waals surface area contributed by atoms with E-state index in [1.54, 1.807) is 6.20 Å². The Labute approximate surface area is 112 Å². The van der Waals surface area contributed by atoms with Gasteiger partial charge in [-0.15, -0.1) is 0 Å². The SMILES string of the molecule is Cn1ccnc1CCNC(=O)C1(C(N)=S)CCC1. The lowest BCUT2D eigenvalue weighted by Crippen LogP contribution is -2.53. The smallest absolute Gasteiger partial charge is 0.233 e. The van der Waals surface area contributed by atoms with Crippen LogP contribution in [0.15, 0.2) is 12.4 Å². The summed E-state index contributed by atoms with van der Waals surface area (Å²) in [4.78, 5) is 16.6. The second-order valence-corrected chi connectivity index (χ2v) is 5.20. The molecule has 0 saturated heterocycles. The Hall–Kier alpha value is -1.43. The van der Waals surface area contributed by atoms with Crippen LogP contribution in [0.3, 0.4) is 0 Å². The van der Waals surface area contributed by atoms with Crippen LogP contribution in [0.5, 0.6) is 0 Å². The van der Waals surface area contributed by atoms with E-state index in [0.717, 1.165) is 25.1 Å². The van der Waals surface area contributed by atoms with Gasteiger partial charge >= 0.3 is 0 Å². The summed E-state index contributed by atoms with van der Waals surface area (Å²) in [7, 11) is 1.94. The third kappa shape index (κ3) is 2.25. The van der Waals surface area contributed by atoms with Gasteiger partial charge in [-0.05, 0) is 12.8 Å². The van der Waals surface area contributed by atoms with Gasteiger partial charge in [-0.25, -0.2) is 4.98 Å². The fourth-order valence-corrected chi connectivity index (χ4v) is 2.51. The number of nitrogens with zero attached hydrogens (tertiary/aromatic N) is 2. The van der Waals surface area contributed by atoms with Gasteiger partial charge in [0.25, 0.3) is 0 Å². The molecular weight excluding hydrogens is 248 g/mol. The molecular formula is C12H18N4OS. The lowest BCUT2D eigenvalue weighted by Gasteiger charge is -2.39. The van der Waals surface area contributed by atoms with Crippen molar-refractivity contribution in [1.29, 1.82) is 0 Å². The van der Waals surface area contributed by atoms with Gasteiger partial charge in [-0.2, -0.15) is 0 Å². The Balaban J connectivity index is 1.85. The Kier molecular flexibility index (Phi) is 3.65. The quantitative estimate of drug-likeness (QED) is 0.763. The molecule has 1 amide bonds. The van der Waals surface area contributed by atoms with Crippen LogP contribution in [0.2, 0.25) is 0 Å². The van der Waals surface area contributed by atoms with Crippen molar-refractivity contribution in [2.75, 3.05) is 6.54 Å². The standard InChI is InChI=1S/C12H18N4OS/c1-16-8-7-14-9(16)3-6-15-11(17)12(10(13)18)4-2-5-12/h7-8H,2-6H2,1H3,(H2,13,18)(H,15,17). The van der Waals surface area contributed by atoms with E-state index in [2.05, 4.69) is 10.3 Å². The first-order valence-corrected chi connectivity index (χ1v) is 6.51. The minimum absolute atomic E-state index is 0.0320. The minimum atomic E-state index is -0.586. The van der Waals surface area contributed by atoms with E-state index in [-0.39, 0.29) is 5.91 Å². The molecule has 0 unspecified atom stereocenters. The number of carbonyl (C=O) groups excluding carboxylic acids is 1. The summed E-state index contributed by atoms with van der Waals surface area (Å²) in [5, 5.41) is 2.91. The van der Waals surface area contributed by atoms with Crippen LogP contribution in [0.25, 0.3) is 0 Å². The molecule has 18 heavy (non-hydrogen) atoms. The van der Waals surface area contributed by atoms with Gasteiger partial charge in [0.1, 0.15) is 5.82 Å². The first-order valence-electron chi connectivity index (χ1n) is 6.11. The highest BCUT2D eigenvalue weighted by Crippen LogP contribution is 2.41. The maximum Gasteiger partial charge on any atom is 0.233 e. The maximum atomic E-state index is 12.1. The monoisotopic (exact) mass is 266 g/mol. The molecule has 6 heteroatoms. The summed E-state index contributed by atoms with van der Waals surface area (Å²) in [5.74, 6) is 0.920. The van der Waals surface area contributed by atoms with Gasteiger partial charge in [0.15, 0.2) is 0 Å². The first-order chi connectivity index (χ1) is 8.56. The van der Waals surface area contributed by atoms with Gasteiger partial charge in [-0.1, -0.05) is 18.6 Å². The van der Waals surface area contributed by atoms with Crippen LogP contribution in [0.1, 0.15) is 25.1 Å². The largest absolute Gasteiger partial charge is 0.392 e. The Bertz CT molecular complexity index is 464. The highest BCUT2D eigenvalue weighted by molar-refractivity contribution is 7.80. The second-order valence-electron chi connectivity index (χ2n) is 4.76. The first kappa shape index (κ1) is 13.0. The molecule has 0 spiro atoms. The molecule has 0 bridgehead atoms. The summed E-state index contributed by atoms with van der Waals surface area (Å²) in [6.45, 7) is 0.564. The summed E-state index contributed by atoms with van der Waals surface area (Å²) in [6, 6.07) is 0. The Morgan fingerprint density at radius 2 is 2.39 bits per heavy atom. The van der Waals surface area contributed by atoms with Crippen molar-refractivity contribution in [2.24, 2.45) is 18.2 Å². The highest BCUT2D eigenvalue weighted by atomic mass is 32.1. The van der Waals surface area contributed by atoms with E-state index in [1.165, 1.54) is 0 Å². The molecule has 2 rings (SSSR count). The van der Waals surface area contributed by atoms with E-state index in [9.17, 15) is 4.79 Å². The predicted octanol–water partition coefficient (Wildman–Crippen LogP) is 0.535. The van der Waals surface area contributed by atoms with Crippen molar-refractivity contribution in [3.63, 3.8) is 0 Å². The number of hydrogen-bond donors (Lipinski definition) is 2. The topological polar surface area (TPSA) is 72.9 Å². The molecule has 0 aromatic carbocycles. The van der Waals surface area contributed by atoms with Crippen molar-refractivity contribution >= 4 is 23.1 Å². The summed E-state index contributed by atoms with van der Waals surface area (Å²) in [6.07, 6.45) is 6.92. The highest BCUT2D eigenvalue weighted by Gasteiger charge is 2.46. The molecule has 5 nitrogen and oxygen atoms in total. The van der Waals surface area contributed by atoms with E-state index in [4.69, 9.17) is 18.0 Å². The summed E-state index contributed by atoms with van der Waals surface area (Å²) < 4.78 is 1.94. The summed E-state index contributed by atoms with van der Waals surface area (Å²) >= 11 is 5.01. The van der Waals surface area contributed by atoms with Gasteiger partial charge in [0.2, 0.25) is 5.91 Å². The van der Waals surface area contributed by atoms with Crippen molar-refractivity contribution in [2.45, 2.75) is 25.7 Å². The van der Waals surface area contributed by atoms with Crippen molar-refractivity contribution < 1.29 is 4.79 Å². The number of carbonyl (C=O) groups is 1. The zero-order valence-corrected chi connectivity index (χ0v) is 11.3. The normalized spacial score (nSPS) is 16.9. The Morgan fingerprint density at radius 3 is 2.83 bits per heavy atom. The second kappa shape index (κ2) is 5.06. The van der Waals surface area contributed by atoms with Gasteiger partial charge < -0.3 is 15.6 Å². The number of amides is 1. The average molecular weight is 266 g/mol. The molecule has 1 aliphatic rings. The van der Waals surface area contributed by atoms with Crippen molar-refractivity contribution in [1.82, 2.24) is 14.9 Å². The molecule has 1 aromatic rings. The molecule has 1 saturated carbocycles. The van der Waals surface area contributed by atoms with Gasteiger partial charge in [-0.3, -0.25) is 4.79 Å². The molecule has 0 atom stereocenters. The number of hydrogen-bond acceptors (Lipinski definition) is 3. The Morgan fingerprint density at radius 1 is 1.67 bits per heavy atom. The predicted molar refractivity (Wildman–Crippen MR) is 73.0 cm³/mol. The number of imidazole rings is 1. The maximum absolute atomic E-state index is 12.1. The molecule has 1 aliphatic carbocycles. The fourth-order valence-electron chi connectivity index (χ4n) is 2.21. The van der Waals surface area contributed by atoms with Crippen LogP contribution in [0.4, 0.5) is 0 Å².